The Morgan fingerprint density at radius 2 is 1.72 bits per heavy atom. The number of halogens is 3. The zero-order valence-electron chi connectivity index (χ0n) is 10.2. The van der Waals surface area contributed by atoms with E-state index < -0.39 is 5.38 Å². The van der Waals surface area contributed by atoms with E-state index in [9.17, 15) is 4.39 Å². The second kappa shape index (κ2) is 5.29. The fraction of sp³-hybridized carbons (Fsp3) is 0.200. The molecule has 0 heterocycles. The topological polar surface area (TPSA) is 0 Å². The number of benzene rings is 2. The molecule has 0 saturated carbocycles. The lowest BCUT2D eigenvalue weighted by atomic mass is 9.98. The average Bonchev–Trinajstić information content (AvgIpc) is 2.31. The summed E-state index contributed by atoms with van der Waals surface area (Å²) in [6.45, 7) is 3.96. The van der Waals surface area contributed by atoms with Crippen molar-refractivity contribution in [1.29, 1.82) is 0 Å². The third kappa shape index (κ3) is 2.68. The highest BCUT2D eigenvalue weighted by Gasteiger charge is 2.17. The lowest BCUT2D eigenvalue weighted by Gasteiger charge is -2.15. The summed E-state index contributed by atoms with van der Waals surface area (Å²) in [4.78, 5) is 0. The van der Waals surface area contributed by atoms with Crippen molar-refractivity contribution in [2.24, 2.45) is 0 Å². The molecule has 3 heteroatoms. The van der Waals surface area contributed by atoms with Crippen LogP contribution in [0.15, 0.2) is 36.4 Å². The highest BCUT2D eigenvalue weighted by molar-refractivity contribution is 6.30. The van der Waals surface area contributed by atoms with Gasteiger partial charge in [-0.2, -0.15) is 0 Å². The van der Waals surface area contributed by atoms with Crippen molar-refractivity contribution in [3.05, 3.63) is 69.5 Å². The van der Waals surface area contributed by atoms with Gasteiger partial charge in [0.15, 0.2) is 0 Å². The van der Waals surface area contributed by atoms with E-state index in [4.69, 9.17) is 23.2 Å². The minimum atomic E-state index is -0.498. The Labute approximate surface area is 116 Å². The molecule has 0 spiro atoms. The highest BCUT2D eigenvalue weighted by Crippen LogP contribution is 2.33. The standard InChI is InChI=1S/C15H13Cl2F/c1-9-3-4-10(2)13(7-9)15(17)12-6-5-11(16)8-14(12)18/h3-8,15H,1-2H3. The van der Waals surface area contributed by atoms with E-state index >= 15 is 0 Å². The summed E-state index contributed by atoms with van der Waals surface area (Å²) >= 11 is 12.1. The smallest absolute Gasteiger partial charge is 0.129 e. The highest BCUT2D eigenvalue weighted by atomic mass is 35.5. The van der Waals surface area contributed by atoms with Crippen molar-refractivity contribution in [2.45, 2.75) is 19.2 Å². The van der Waals surface area contributed by atoms with Gasteiger partial charge < -0.3 is 0 Å². The molecule has 2 rings (SSSR count). The van der Waals surface area contributed by atoms with Crippen molar-refractivity contribution in [3.8, 4) is 0 Å². The Kier molecular flexibility index (Phi) is 3.94. The van der Waals surface area contributed by atoms with Crippen molar-refractivity contribution in [2.75, 3.05) is 0 Å². The Morgan fingerprint density at radius 1 is 1.00 bits per heavy atom. The first-order valence-corrected chi connectivity index (χ1v) is 6.46. The molecule has 18 heavy (non-hydrogen) atoms. The Bertz CT molecular complexity index is 579. The molecule has 0 bridgehead atoms. The van der Waals surface area contributed by atoms with E-state index in [2.05, 4.69) is 0 Å². The minimum Gasteiger partial charge on any atom is -0.207 e. The summed E-state index contributed by atoms with van der Waals surface area (Å²) in [5, 5.41) is -0.122. The maximum absolute atomic E-state index is 13.8. The quantitative estimate of drug-likeness (QED) is 0.645. The molecule has 0 nitrogen and oxygen atoms in total. The van der Waals surface area contributed by atoms with Crippen LogP contribution >= 0.6 is 23.2 Å². The van der Waals surface area contributed by atoms with Gasteiger partial charge >= 0.3 is 0 Å². The summed E-state index contributed by atoms with van der Waals surface area (Å²) < 4.78 is 13.8. The first kappa shape index (κ1) is 13.4. The van der Waals surface area contributed by atoms with E-state index in [1.807, 2.05) is 32.0 Å². The number of alkyl halides is 1. The van der Waals surface area contributed by atoms with E-state index in [0.717, 1.165) is 16.7 Å². The zero-order chi connectivity index (χ0) is 13.3. The Hall–Kier alpha value is -1.05. The van der Waals surface area contributed by atoms with Crippen molar-refractivity contribution in [3.63, 3.8) is 0 Å². The second-order valence-corrected chi connectivity index (χ2v) is 5.26. The number of hydrogen-bond acceptors (Lipinski definition) is 0. The molecule has 0 aliphatic carbocycles. The summed E-state index contributed by atoms with van der Waals surface area (Å²) in [6.07, 6.45) is 0. The van der Waals surface area contributed by atoms with Gasteiger partial charge in [0.05, 0.1) is 5.38 Å². The summed E-state index contributed by atoms with van der Waals surface area (Å²) in [6, 6.07) is 10.6. The molecular formula is C15H13Cl2F. The molecule has 0 aromatic heterocycles. The van der Waals surface area contributed by atoms with E-state index in [0.29, 0.717) is 10.6 Å². The molecule has 0 N–H and O–H groups in total. The Morgan fingerprint density at radius 3 is 2.39 bits per heavy atom. The van der Waals surface area contributed by atoms with Crippen LogP contribution < -0.4 is 0 Å². The Balaban J connectivity index is 2.47. The van der Waals surface area contributed by atoms with Crippen LogP contribution in [0, 0.1) is 19.7 Å². The summed E-state index contributed by atoms with van der Waals surface area (Å²) in [5.74, 6) is -0.372. The molecule has 1 atom stereocenters. The van der Waals surface area contributed by atoms with Crippen LogP contribution in [0.2, 0.25) is 5.02 Å². The molecule has 2 aromatic carbocycles. The molecule has 2 aromatic rings. The summed E-state index contributed by atoms with van der Waals surface area (Å²) in [5.41, 5.74) is 3.54. The third-order valence-electron chi connectivity index (χ3n) is 2.94. The van der Waals surface area contributed by atoms with Gasteiger partial charge in [0.1, 0.15) is 5.82 Å². The molecule has 0 radical (unpaired) electrons. The van der Waals surface area contributed by atoms with Gasteiger partial charge in [0.25, 0.3) is 0 Å². The SMILES string of the molecule is Cc1ccc(C)c(C(Cl)c2ccc(Cl)cc2F)c1. The van der Waals surface area contributed by atoms with Crippen molar-refractivity contribution >= 4 is 23.2 Å². The van der Waals surface area contributed by atoms with Crippen LogP contribution in [0.4, 0.5) is 4.39 Å². The predicted octanol–water partition coefficient (Wildman–Crippen LogP) is 5.42. The van der Waals surface area contributed by atoms with Crippen LogP contribution in [-0.4, -0.2) is 0 Å². The average molecular weight is 283 g/mol. The second-order valence-electron chi connectivity index (χ2n) is 4.39. The fourth-order valence-corrected chi connectivity index (χ4v) is 2.48. The van der Waals surface area contributed by atoms with Gasteiger partial charge in [-0.15, -0.1) is 11.6 Å². The molecule has 94 valence electrons. The number of rotatable bonds is 2. The molecule has 1 unspecified atom stereocenters. The van der Waals surface area contributed by atoms with Crippen LogP contribution in [0.25, 0.3) is 0 Å². The van der Waals surface area contributed by atoms with E-state index in [-0.39, 0.29) is 5.82 Å². The maximum atomic E-state index is 13.8. The predicted molar refractivity (Wildman–Crippen MR) is 75.0 cm³/mol. The van der Waals surface area contributed by atoms with Crippen molar-refractivity contribution in [1.82, 2.24) is 0 Å². The monoisotopic (exact) mass is 282 g/mol. The van der Waals surface area contributed by atoms with Crippen LogP contribution in [-0.2, 0) is 0 Å². The van der Waals surface area contributed by atoms with Gasteiger partial charge in [0.2, 0.25) is 0 Å². The maximum Gasteiger partial charge on any atom is 0.129 e. The molecule has 0 fully saturated rings. The molecular weight excluding hydrogens is 270 g/mol. The van der Waals surface area contributed by atoms with Crippen molar-refractivity contribution < 1.29 is 4.39 Å². The van der Waals surface area contributed by atoms with E-state index in [1.165, 1.54) is 6.07 Å². The summed E-state index contributed by atoms with van der Waals surface area (Å²) in [7, 11) is 0. The van der Waals surface area contributed by atoms with Crippen LogP contribution in [0.5, 0.6) is 0 Å². The van der Waals surface area contributed by atoms with Gasteiger partial charge in [-0.1, -0.05) is 41.4 Å². The third-order valence-corrected chi connectivity index (χ3v) is 3.65. The lowest BCUT2D eigenvalue weighted by molar-refractivity contribution is 0.612. The number of hydrogen-bond donors (Lipinski definition) is 0. The normalized spacial score (nSPS) is 12.5. The largest absolute Gasteiger partial charge is 0.207 e. The van der Waals surface area contributed by atoms with E-state index in [1.54, 1.807) is 12.1 Å². The molecule has 0 aliphatic heterocycles. The number of aryl methyl sites for hydroxylation is 2. The molecule has 0 amide bonds. The zero-order valence-corrected chi connectivity index (χ0v) is 11.7. The van der Waals surface area contributed by atoms with Gasteiger partial charge in [-0.3, -0.25) is 0 Å². The molecule has 0 saturated heterocycles. The van der Waals surface area contributed by atoms with Crippen LogP contribution in [0.3, 0.4) is 0 Å². The fourth-order valence-electron chi connectivity index (χ4n) is 1.91. The lowest BCUT2D eigenvalue weighted by Crippen LogP contribution is -2.00. The minimum absolute atomic E-state index is 0.372. The van der Waals surface area contributed by atoms with Gasteiger partial charge in [-0.25, -0.2) is 4.39 Å². The van der Waals surface area contributed by atoms with Gasteiger partial charge in [0, 0.05) is 10.6 Å². The first-order chi connectivity index (χ1) is 8.49. The van der Waals surface area contributed by atoms with Crippen LogP contribution in [0.1, 0.15) is 27.6 Å². The first-order valence-electron chi connectivity index (χ1n) is 5.65. The van der Waals surface area contributed by atoms with Gasteiger partial charge in [-0.05, 0) is 37.1 Å². The molecule has 0 aliphatic rings.